The van der Waals surface area contributed by atoms with E-state index in [1.54, 1.807) is 21.9 Å². The normalized spacial score (nSPS) is 14.4. The Morgan fingerprint density at radius 2 is 1.38 bits per heavy atom. The summed E-state index contributed by atoms with van der Waals surface area (Å²) < 4.78 is 0. The summed E-state index contributed by atoms with van der Waals surface area (Å²) in [4.78, 5) is 40.3. The molecule has 0 saturated carbocycles. The molecule has 1 aliphatic rings. The summed E-state index contributed by atoms with van der Waals surface area (Å²) in [6.45, 7) is 6.52. The molecule has 152 valence electrons. The zero-order valence-corrected chi connectivity index (χ0v) is 16.9. The molecule has 0 radical (unpaired) electrons. The van der Waals surface area contributed by atoms with Gasteiger partial charge in [-0.05, 0) is 29.2 Å². The topological polar surface area (TPSA) is 69.7 Å². The van der Waals surface area contributed by atoms with Gasteiger partial charge in [-0.3, -0.25) is 14.4 Å². The summed E-state index contributed by atoms with van der Waals surface area (Å²) in [7, 11) is 0. The van der Waals surface area contributed by atoms with Crippen LogP contribution in [0, 0.1) is 5.92 Å². The Morgan fingerprint density at radius 1 is 0.862 bits per heavy atom. The summed E-state index contributed by atoms with van der Waals surface area (Å²) in [6.07, 6.45) is 0. The number of benzene rings is 2. The maximum absolute atomic E-state index is 12.5. The minimum atomic E-state index is -0.481. The predicted octanol–water partition coefficient (Wildman–Crippen LogP) is 2.44. The smallest absolute Gasteiger partial charge is 0.312 e. The summed E-state index contributed by atoms with van der Waals surface area (Å²) in [5.41, 5.74) is 2.49. The van der Waals surface area contributed by atoms with Crippen LogP contribution in [-0.4, -0.2) is 47.2 Å². The lowest BCUT2D eigenvalue weighted by Crippen LogP contribution is -2.53. The number of hydrogen-bond donors (Lipinski definition) is 1. The molecule has 0 aliphatic carbocycles. The average molecular weight is 393 g/mol. The van der Waals surface area contributed by atoms with Gasteiger partial charge in [0.25, 0.3) is 5.91 Å². The zero-order valence-electron chi connectivity index (χ0n) is 16.9. The lowest BCUT2D eigenvalue weighted by atomic mass is 10.1. The Morgan fingerprint density at radius 3 is 1.90 bits per heavy atom. The maximum Gasteiger partial charge on any atom is 0.312 e. The molecule has 1 saturated heterocycles. The fourth-order valence-corrected chi connectivity index (χ4v) is 3.20. The maximum atomic E-state index is 12.5. The standard InChI is InChI=1S/C23H27N3O3/c1-17(2)14-24-21(27)20-10-8-19(9-11-20)16-26-13-12-25(22(28)23(26)29)15-18-6-4-3-5-7-18/h3-11,17H,12-16H2,1-2H3,(H,24,27). The zero-order chi connectivity index (χ0) is 20.8. The van der Waals surface area contributed by atoms with Crippen LogP contribution in [0.2, 0.25) is 0 Å². The highest BCUT2D eigenvalue weighted by Crippen LogP contribution is 2.14. The third kappa shape index (κ3) is 5.44. The molecule has 1 N–H and O–H groups in total. The van der Waals surface area contributed by atoms with Crippen LogP contribution in [0.4, 0.5) is 0 Å². The summed E-state index contributed by atoms with van der Waals surface area (Å²) >= 11 is 0. The molecule has 0 spiro atoms. The van der Waals surface area contributed by atoms with Gasteiger partial charge in [-0.15, -0.1) is 0 Å². The van der Waals surface area contributed by atoms with Crippen molar-refractivity contribution in [3.63, 3.8) is 0 Å². The Kier molecular flexibility index (Phi) is 6.65. The van der Waals surface area contributed by atoms with Gasteiger partial charge in [-0.25, -0.2) is 0 Å². The molecule has 3 amide bonds. The van der Waals surface area contributed by atoms with E-state index < -0.39 is 11.8 Å². The van der Waals surface area contributed by atoms with E-state index in [0.717, 1.165) is 11.1 Å². The monoisotopic (exact) mass is 393 g/mol. The Hall–Kier alpha value is -3.15. The predicted molar refractivity (Wildman–Crippen MR) is 111 cm³/mol. The van der Waals surface area contributed by atoms with Gasteiger partial charge in [0.2, 0.25) is 0 Å². The van der Waals surface area contributed by atoms with Gasteiger partial charge in [0, 0.05) is 38.3 Å². The molecule has 1 aliphatic heterocycles. The minimum absolute atomic E-state index is 0.106. The molecular formula is C23H27N3O3. The van der Waals surface area contributed by atoms with E-state index in [1.807, 2.05) is 56.3 Å². The van der Waals surface area contributed by atoms with Crippen molar-refractivity contribution in [1.82, 2.24) is 15.1 Å². The molecule has 1 fully saturated rings. The first-order valence-corrected chi connectivity index (χ1v) is 9.93. The second kappa shape index (κ2) is 9.37. The Labute approximate surface area is 171 Å². The average Bonchev–Trinajstić information content (AvgIpc) is 2.73. The van der Waals surface area contributed by atoms with Crippen LogP contribution >= 0.6 is 0 Å². The Bertz CT molecular complexity index is 863. The highest BCUT2D eigenvalue weighted by molar-refractivity contribution is 6.35. The molecule has 2 aromatic carbocycles. The van der Waals surface area contributed by atoms with Gasteiger partial charge in [0.1, 0.15) is 0 Å². The molecule has 29 heavy (non-hydrogen) atoms. The van der Waals surface area contributed by atoms with Gasteiger partial charge < -0.3 is 15.1 Å². The van der Waals surface area contributed by atoms with Crippen LogP contribution in [0.15, 0.2) is 54.6 Å². The molecule has 3 rings (SSSR count). The van der Waals surface area contributed by atoms with Crippen LogP contribution < -0.4 is 5.32 Å². The van der Waals surface area contributed by atoms with E-state index in [-0.39, 0.29) is 5.91 Å². The van der Waals surface area contributed by atoms with Crippen molar-refractivity contribution in [1.29, 1.82) is 0 Å². The summed E-state index contributed by atoms with van der Waals surface area (Å²) in [6, 6.07) is 16.8. The van der Waals surface area contributed by atoms with E-state index in [0.29, 0.717) is 44.2 Å². The van der Waals surface area contributed by atoms with Crippen LogP contribution in [-0.2, 0) is 22.7 Å². The molecule has 0 bridgehead atoms. The quantitative estimate of drug-likeness (QED) is 0.735. The number of amides is 3. The van der Waals surface area contributed by atoms with Crippen molar-refractivity contribution in [3.8, 4) is 0 Å². The second-order valence-corrected chi connectivity index (χ2v) is 7.74. The van der Waals surface area contributed by atoms with Crippen LogP contribution in [0.3, 0.4) is 0 Å². The first-order valence-electron chi connectivity index (χ1n) is 9.93. The minimum Gasteiger partial charge on any atom is -0.352 e. The van der Waals surface area contributed by atoms with Crippen molar-refractivity contribution in [2.24, 2.45) is 5.92 Å². The SMILES string of the molecule is CC(C)CNC(=O)c1ccc(CN2CCN(Cc3ccccc3)C(=O)C2=O)cc1. The number of hydrogen-bond acceptors (Lipinski definition) is 3. The molecule has 0 atom stereocenters. The highest BCUT2D eigenvalue weighted by Gasteiger charge is 2.32. The van der Waals surface area contributed by atoms with Gasteiger partial charge in [0.15, 0.2) is 0 Å². The largest absolute Gasteiger partial charge is 0.352 e. The van der Waals surface area contributed by atoms with Crippen molar-refractivity contribution in [3.05, 3.63) is 71.3 Å². The number of nitrogens with zero attached hydrogens (tertiary/aromatic N) is 2. The van der Waals surface area contributed by atoms with Crippen LogP contribution in [0.5, 0.6) is 0 Å². The number of nitrogens with one attached hydrogen (secondary N) is 1. The first-order chi connectivity index (χ1) is 13.9. The van der Waals surface area contributed by atoms with Crippen molar-refractivity contribution in [2.45, 2.75) is 26.9 Å². The number of rotatable bonds is 7. The molecule has 6 heteroatoms. The first kappa shape index (κ1) is 20.6. The van der Waals surface area contributed by atoms with Crippen LogP contribution in [0.1, 0.15) is 35.3 Å². The van der Waals surface area contributed by atoms with Crippen molar-refractivity contribution >= 4 is 17.7 Å². The van der Waals surface area contributed by atoms with E-state index >= 15 is 0 Å². The van der Waals surface area contributed by atoms with Gasteiger partial charge in [-0.1, -0.05) is 56.3 Å². The highest BCUT2D eigenvalue weighted by atomic mass is 16.2. The molecule has 1 heterocycles. The van der Waals surface area contributed by atoms with Crippen molar-refractivity contribution in [2.75, 3.05) is 19.6 Å². The fraction of sp³-hybridized carbons (Fsp3) is 0.348. The summed E-state index contributed by atoms with van der Waals surface area (Å²) in [5, 5.41) is 2.88. The number of carbonyl (C=O) groups excluding carboxylic acids is 3. The third-order valence-corrected chi connectivity index (χ3v) is 4.87. The van der Waals surface area contributed by atoms with Crippen molar-refractivity contribution < 1.29 is 14.4 Å². The van der Waals surface area contributed by atoms with Crippen LogP contribution in [0.25, 0.3) is 0 Å². The van der Waals surface area contributed by atoms with Gasteiger partial charge >= 0.3 is 11.8 Å². The number of carbonyl (C=O) groups is 3. The van der Waals surface area contributed by atoms with E-state index in [1.165, 1.54) is 0 Å². The fourth-order valence-electron chi connectivity index (χ4n) is 3.20. The number of piperazine rings is 1. The lowest BCUT2D eigenvalue weighted by Gasteiger charge is -2.33. The molecule has 0 unspecified atom stereocenters. The molecule has 0 aromatic heterocycles. The molecule has 6 nitrogen and oxygen atoms in total. The molecular weight excluding hydrogens is 366 g/mol. The lowest BCUT2D eigenvalue weighted by molar-refractivity contribution is -0.156. The summed E-state index contributed by atoms with van der Waals surface area (Å²) in [5.74, 6) is -0.663. The van der Waals surface area contributed by atoms with E-state index in [9.17, 15) is 14.4 Å². The van der Waals surface area contributed by atoms with E-state index in [4.69, 9.17) is 0 Å². The molecule has 2 aromatic rings. The second-order valence-electron chi connectivity index (χ2n) is 7.74. The van der Waals surface area contributed by atoms with Gasteiger partial charge in [-0.2, -0.15) is 0 Å². The third-order valence-electron chi connectivity index (χ3n) is 4.87. The van der Waals surface area contributed by atoms with E-state index in [2.05, 4.69) is 5.32 Å². The van der Waals surface area contributed by atoms with Gasteiger partial charge in [0.05, 0.1) is 0 Å². The Balaban J connectivity index is 1.56.